The van der Waals surface area contributed by atoms with Gasteiger partial charge in [0.15, 0.2) is 5.82 Å². The Labute approximate surface area is 144 Å². The van der Waals surface area contributed by atoms with E-state index in [2.05, 4.69) is 29.3 Å². The van der Waals surface area contributed by atoms with Crippen LogP contribution in [0, 0.1) is 22.2 Å². The maximum atomic E-state index is 13.2. The highest BCUT2D eigenvalue weighted by Crippen LogP contribution is 2.69. The van der Waals surface area contributed by atoms with Gasteiger partial charge in [-0.05, 0) is 62.2 Å². The summed E-state index contributed by atoms with van der Waals surface area (Å²) in [5.74, 6) is 2.13. The van der Waals surface area contributed by atoms with Gasteiger partial charge in [0.25, 0.3) is 0 Å². The van der Waals surface area contributed by atoms with Crippen LogP contribution in [0.2, 0.25) is 0 Å². The largest absolute Gasteiger partial charge is 0.344 e. The molecule has 1 amide bonds. The summed E-state index contributed by atoms with van der Waals surface area (Å²) >= 11 is 0. The third-order valence-corrected chi connectivity index (χ3v) is 6.63. The summed E-state index contributed by atoms with van der Waals surface area (Å²) in [5.41, 5.74) is 0.494. The van der Waals surface area contributed by atoms with Gasteiger partial charge in [0.1, 0.15) is 6.04 Å². The lowest BCUT2D eigenvalue weighted by atomic mass is 9.40. The highest BCUT2D eigenvalue weighted by molar-refractivity contribution is 5.83. The van der Waals surface area contributed by atoms with Crippen LogP contribution in [0.5, 0.6) is 0 Å². The Morgan fingerprint density at radius 2 is 1.92 bits per heavy atom. The maximum Gasteiger partial charge on any atom is 0.248 e. The number of nitrogens with one attached hydrogen (secondary N) is 1. The van der Waals surface area contributed by atoms with Crippen LogP contribution in [0.3, 0.4) is 0 Å². The zero-order chi connectivity index (χ0) is 17.2. The van der Waals surface area contributed by atoms with E-state index in [1.54, 1.807) is 0 Å². The van der Waals surface area contributed by atoms with Gasteiger partial charge < -0.3 is 9.84 Å². The molecule has 5 atom stereocenters. The fraction of sp³-hybridized carbons (Fsp3) is 0.842. The van der Waals surface area contributed by atoms with Gasteiger partial charge >= 0.3 is 0 Å². The number of nitrogens with zero attached hydrogens (tertiary/aromatic N) is 2. The lowest BCUT2D eigenvalue weighted by molar-refractivity contribution is -0.170. The summed E-state index contributed by atoms with van der Waals surface area (Å²) in [5, 5.41) is 7.13. The van der Waals surface area contributed by atoms with Crippen LogP contribution < -0.4 is 5.32 Å². The molecule has 5 nitrogen and oxygen atoms in total. The van der Waals surface area contributed by atoms with Crippen LogP contribution in [-0.2, 0) is 11.2 Å². The summed E-state index contributed by atoms with van der Waals surface area (Å²) < 4.78 is 5.30. The topological polar surface area (TPSA) is 68.0 Å². The van der Waals surface area contributed by atoms with E-state index in [9.17, 15) is 4.79 Å². The third-order valence-electron chi connectivity index (χ3n) is 6.63. The molecule has 4 saturated carbocycles. The van der Waals surface area contributed by atoms with Crippen molar-refractivity contribution in [3.63, 3.8) is 0 Å². The molecule has 0 radical (unpaired) electrons. The van der Waals surface area contributed by atoms with Gasteiger partial charge in [-0.25, -0.2) is 0 Å². The molecule has 4 aliphatic carbocycles. The molecule has 24 heavy (non-hydrogen) atoms. The molecule has 4 fully saturated rings. The second-order valence-corrected chi connectivity index (χ2v) is 9.51. The fourth-order valence-corrected chi connectivity index (χ4v) is 6.70. The molecule has 1 aromatic heterocycles. The van der Waals surface area contributed by atoms with Crippen molar-refractivity contribution in [2.45, 2.75) is 78.7 Å². The van der Waals surface area contributed by atoms with E-state index in [0.717, 1.165) is 25.7 Å². The average molecular weight is 331 g/mol. The second kappa shape index (κ2) is 5.06. The Kier molecular flexibility index (Phi) is 3.39. The zero-order valence-electron chi connectivity index (χ0n) is 15.3. The molecule has 5 rings (SSSR count). The van der Waals surface area contributed by atoms with Gasteiger partial charge in [0, 0.05) is 6.42 Å². The molecule has 1 aromatic rings. The van der Waals surface area contributed by atoms with Crippen molar-refractivity contribution in [2.75, 3.05) is 0 Å². The normalized spacial score (nSPS) is 41.4. The van der Waals surface area contributed by atoms with Crippen molar-refractivity contribution in [3.05, 3.63) is 11.7 Å². The number of hydrogen-bond acceptors (Lipinski definition) is 4. The minimum Gasteiger partial charge on any atom is -0.344 e. The summed E-state index contributed by atoms with van der Waals surface area (Å²) in [6.07, 6.45) is 7.76. The van der Waals surface area contributed by atoms with Crippen LogP contribution in [0.4, 0.5) is 0 Å². The Morgan fingerprint density at radius 3 is 2.46 bits per heavy atom. The van der Waals surface area contributed by atoms with E-state index < -0.39 is 0 Å². The van der Waals surface area contributed by atoms with Gasteiger partial charge in [0.2, 0.25) is 11.8 Å². The predicted molar refractivity (Wildman–Crippen MR) is 90.1 cm³/mol. The van der Waals surface area contributed by atoms with Gasteiger partial charge in [-0.3, -0.25) is 4.79 Å². The van der Waals surface area contributed by atoms with E-state index in [1.165, 1.54) is 19.3 Å². The van der Waals surface area contributed by atoms with E-state index in [-0.39, 0.29) is 17.4 Å². The smallest absolute Gasteiger partial charge is 0.248 e. The van der Waals surface area contributed by atoms with Crippen molar-refractivity contribution < 1.29 is 9.32 Å². The summed E-state index contributed by atoms with van der Waals surface area (Å²) in [4.78, 5) is 17.6. The molecular formula is C19H29N3O2. The Balaban J connectivity index is 1.53. The summed E-state index contributed by atoms with van der Waals surface area (Å²) in [6.45, 7) is 8.73. The molecule has 0 spiro atoms. The SMILES string of the molecule is CCc1noc([C@@H](C)NC(=O)C23CC4C[C@@](C)(C2)C[C@](C)(C4)C3)n1. The Hall–Kier alpha value is -1.39. The van der Waals surface area contributed by atoms with E-state index in [0.29, 0.717) is 28.5 Å². The number of aromatic nitrogens is 2. The molecule has 4 bridgehead atoms. The van der Waals surface area contributed by atoms with Gasteiger partial charge in [-0.2, -0.15) is 4.98 Å². The first-order valence-electron chi connectivity index (χ1n) is 9.38. The fourth-order valence-electron chi connectivity index (χ4n) is 6.70. The Morgan fingerprint density at radius 1 is 1.25 bits per heavy atom. The van der Waals surface area contributed by atoms with Crippen molar-refractivity contribution >= 4 is 5.91 Å². The highest BCUT2D eigenvalue weighted by Gasteiger charge is 2.62. The summed E-state index contributed by atoms with van der Waals surface area (Å²) in [6, 6.07) is -0.223. The number of aryl methyl sites for hydroxylation is 1. The van der Waals surface area contributed by atoms with Crippen molar-refractivity contribution in [2.24, 2.45) is 22.2 Å². The van der Waals surface area contributed by atoms with E-state index in [4.69, 9.17) is 4.52 Å². The van der Waals surface area contributed by atoms with E-state index in [1.807, 2.05) is 13.8 Å². The summed E-state index contributed by atoms with van der Waals surface area (Å²) in [7, 11) is 0. The molecule has 4 aliphatic rings. The van der Waals surface area contributed by atoms with Gasteiger partial charge in [-0.15, -0.1) is 0 Å². The number of rotatable bonds is 4. The average Bonchev–Trinajstić information content (AvgIpc) is 2.92. The molecule has 0 saturated heterocycles. The third kappa shape index (κ3) is 2.47. The number of amides is 1. The van der Waals surface area contributed by atoms with Crippen LogP contribution >= 0.6 is 0 Å². The van der Waals surface area contributed by atoms with Crippen LogP contribution in [0.1, 0.15) is 84.0 Å². The maximum absolute atomic E-state index is 13.2. The first-order valence-corrected chi connectivity index (χ1v) is 9.38. The van der Waals surface area contributed by atoms with Crippen molar-refractivity contribution in [3.8, 4) is 0 Å². The Bertz CT molecular complexity index is 649. The molecule has 0 aromatic carbocycles. The van der Waals surface area contributed by atoms with Crippen molar-refractivity contribution in [1.29, 1.82) is 0 Å². The lowest BCUT2D eigenvalue weighted by Crippen LogP contribution is -2.60. The zero-order valence-corrected chi connectivity index (χ0v) is 15.3. The quantitative estimate of drug-likeness (QED) is 0.911. The molecule has 2 unspecified atom stereocenters. The molecule has 0 aliphatic heterocycles. The monoisotopic (exact) mass is 331 g/mol. The van der Waals surface area contributed by atoms with Crippen molar-refractivity contribution in [1.82, 2.24) is 15.5 Å². The minimum atomic E-state index is -0.223. The van der Waals surface area contributed by atoms with E-state index >= 15 is 0 Å². The van der Waals surface area contributed by atoms with Gasteiger partial charge in [-0.1, -0.05) is 25.9 Å². The second-order valence-electron chi connectivity index (χ2n) is 9.51. The van der Waals surface area contributed by atoms with Crippen LogP contribution in [-0.4, -0.2) is 16.0 Å². The molecular weight excluding hydrogens is 302 g/mol. The molecule has 132 valence electrons. The number of hydrogen-bond donors (Lipinski definition) is 1. The minimum absolute atomic E-state index is 0.190. The predicted octanol–water partition coefficient (Wildman–Crippen LogP) is 3.81. The molecule has 1 heterocycles. The lowest BCUT2D eigenvalue weighted by Gasteiger charge is -2.64. The number of carbonyl (C=O) groups is 1. The number of carbonyl (C=O) groups excluding carboxylic acids is 1. The molecule has 5 heteroatoms. The molecule has 1 N–H and O–H groups in total. The van der Waals surface area contributed by atoms with Gasteiger partial charge in [0.05, 0.1) is 5.41 Å². The highest BCUT2D eigenvalue weighted by atomic mass is 16.5. The van der Waals surface area contributed by atoms with Crippen LogP contribution in [0.15, 0.2) is 4.52 Å². The first-order chi connectivity index (χ1) is 11.2. The standard InChI is InChI=1S/C19H29N3O2/c1-5-14-21-15(24-22-14)12(2)20-16(23)19-8-13-6-17(3,10-19)9-18(4,7-13)11-19/h12-13H,5-11H2,1-4H3,(H,20,23)/t12-,13?,17-,18+,19?/m1/s1. The van der Waals surface area contributed by atoms with Crippen LogP contribution in [0.25, 0.3) is 0 Å². The first kappa shape index (κ1) is 16.1.